The molecule has 1 aliphatic heterocycles. The van der Waals surface area contributed by atoms with Gasteiger partial charge in [0.05, 0.1) is 0 Å². The fraction of sp³-hybridized carbons (Fsp3) is 0.909. The van der Waals surface area contributed by atoms with Gasteiger partial charge in [-0.1, -0.05) is 20.8 Å². The van der Waals surface area contributed by atoms with Crippen LogP contribution in [0.2, 0.25) is 0 Å². The molecule has 2 atom stereocenters. The van der Waals surface area contributed by atoms with Gasteiger partial charge in [-0.15, -0.1) is 0 Å². The molecule has 1 saturated heterocycles. The highest BCUT2D eigenvalue weighted by Gasteiger charge is 2.19. The van der Waals surface area contributed by atoms with Gasteiger partial charge in [0.1, 0.15) is 0 Å². The van der Waals surface area contributed by atoms with E-state index < -0.39 is 0 Å². The molecule has 1 N–H and O–H groups in total. The van der Waals surface area contributed by atoms with Gasteiger partial charge in [-0.05, 0) is 44.1 Å². The molecule has 0 amide bonds. The third-order valence-corrected chi connectivity index (χ3v) is 2.71. The summed E-state index contributed by atoms with van der Waals surface area (Å²) in [4.78, 5) is 0. The Bertz CT molecular complexity index is 114. The lowest BCUT2D eigenvalue weighted by atomic mass is 9.87. The summed E-state index contributed by atoms with van der Waals surface area (Å²) in [5.41, 5.74) is 0. The molecule has 2 unspecified atom stereocenters. The van der Waals surface area contributed by atoms with Gasteiger partial charge in [-0.2, -0.15) is 0 Å². The number of nitrogens with one attached hydrogen (secondary N) is 1. The van der Waals surface area contributed by atoms with Crippen LogP contribution in [-0.2, 0) is 0 Å². The largest absolute Gasteiger partial charge is 0.314 e. The fourth-order valence-corrected chi connectivity index (χ4v) is 2.09. The maximum absolute atomic E-state index is 3.59. The molecule has 0 bridgehead atoms. The summed E-state index contributed by atoms with van der Waals surface area (Å²) in [7, 11) is 0. The Kier molecular flexibility index (Phi) is 4.07. The van der Waals surface area contributed by atoms with Crippen molar-refractivity contribution in [3.63, 3.8) is 0 Å². The maximum atomic E-state index is 3.59. The van der Waals surface area contributed by atoms with Gasteiger partial charge in [0, 0.05) is 6.04 Å². The summed E-state index contributed by atoms with van der Waals surface area (Å²) >= 11 is 0. The number of hydrogen-bond acceptors (Lipinski definition) is 1. The van der Waals surface area contributed by atoms with Crippen LogP contribution in [0.5, 0.6) is 0 Å². The number of rotatable bonds is 3. The summed E-state index contributed by atoms with van der Waals surface area (Å²) < 4.78 is 0. The first kappa shape index (κ1) is 10.0. The van der Waals surface area contributed by atoms with E-state index in [1.165, 1.54) is 25.8 Å². The van der Waals surface area contributed by atoms with Crippen molar-refractivity contribution in [1.29, 1.82) is 0 Å². The summed E-state index contributed by atoms with van der Waals surface area (Å²) in [6.45, 7) is 8.18. The van der Waals surface area contributed by atoms with Crippen LogP contribution < -0.4 is 5.32 Å². The standard InChI is InChI=1S/C11H22N/c1-9(2)8-10(3)11-6-4-5-7-12-11/h4,9-12H,5-8H2,1-3H3. The minimum atomic E-state index is 0.751. The van der Waals surface area contributed by atoms with E-state index in [2.05, 4.69) is 32.5 Å². The second-order valence-corrected chi connectivity index (χ2v) is 4.48. The van der Waals surface area contributed by atoms with Gasteiger partial charge in [0.15, 0.2) is 0 Å². The average molecular weight is 168 g/mol. The van der Waals surface area contributed by atoms with Crippen LogP contribution in [0.25, 0.3) is 0 Å². The maximum Gasteiger partial charge on any atom is 0.00955 e. The van der Waals surface area contributed by atoms with Crippen molar-refractivity contribution in [3.05, 3.63) is 6.42 Å². The molecule has 0 aliphatic carbocycles. The summed E-state index contributed by atoms with van der Waals surface area (Å²) in [5, 5.41) is 3.59. The Labute approximate surface area is 76.9 Å². The van der Waals surface area contributed by atoms with E-state index in [1.807, 2.05) is 0 Å². The third-order valence-electron chi connectivity index (χ3n) is 2.71. The zero-order chi connectivity index (χ0) is 8.97. The third kappa shape index (κ3) is 3.14. The highest BCUT2D eigenvalue weighted by molar-refractivity contribution is 4.85. The molecule has 1 radical (unpaired) electrons. The van der Waals surface area contributed by atoms with E-state index in [0.29, 0.717) is 0 Å². The van der Waals surface area contributed by atoms with Crippen molar-refractivity contribution in [1.82, 2.24) is 5.32 Å². The predicted molar refractivity (Wildman–Crippen MR) is 53.9 cm³/mol. The molecule has 1 heterocycles. The number of piperidine rings is 1. The Morgan fingerprint density at radius 1 is 1.42 bits per heavy atom. The molecule has 71 valence electrons. The second kappa shape index (κ2) is 4.86. The first-order chi connectivity index (χ1) is 5.70. The lowest BCUT2D eigenvalue weighted by molar-refractivity contribution is 0.302. The summed E-state index contributed by atoms with van der Waals surface area (Å²) in [6.07, 6.45) is 6.31. The molecule has 1 aliphatic rings. The molecular formula is C11H22N. The predicted octanol–water partition coefficient (Wildman–Crippen LogP) is 2.62. The van der Waals surface area contributed by atoms with E-state index >= 15 is 0 Å². The van der Waals surface area contributed by atoms with E-state index in [4.69, 9.17) is 0 Å². The molecule has 0 aromatic rings. The van der Waals surface area contributed by atoms with Gasteiger partial charge in [0.2, 0.25) is 0 Å². The molecule has 1 heteroatoms. The fourth-order valence-electron chi connectivity index (χ4n) is 2.09. The Morgan fingerprint density at radius 3 is 2.67 bits per heavy atom. The van der Waals surface area contributed by atoms with Gasteiger partial charge in [0.25, 0.3) is 0 Å². The van der Waals surface area contributed by atoms with E-state index in [0.717, 1.165) is 17.9 Å². The van der Waals surface area contributed by atoms with E-state index in [1.54, 1.807) is 0 Å². The van der Waals surface area contributed by atoms with Crippen molar-refractivity contribution in [2.24, 2.45) is 11.8 Å². The zero-order valence-corrected chi connectivity index (χ0v) is 8.64. The SMILES string of the molecule is CC(C)CC(C)C1C[CH]CCN1. The molecule has 0 spiro atoms. The van der Waals surface area contributed by atoms with Crippen LogP contribution >= 0.6 is 0 Å². The van der Waals surface area contributed by atoms with Gasteiger partial charge >= 0.3 is 0 Å². The number of hydrogen-bond donors (Lipinski definition) is 1. The average Bonchev–Trinajstić information content (AvgIpc) is 2.05. The topological polar surface area (TPSA) is 12.0 Å². The van der Waals surface area contributed by atoms with E-state index in [-0.39, 0.29) is 0 Å². The minimum absolute atomic E-state index is 0.751. The monoisotopic (exact) mass is 168 g/mol. The van der Waals surface area contributed by atoms with Gasteiger partial charge in [-0.3, -0.25) is 0 Å². The smallest absolute Gasteiger partial charge is 0.00955 e. The Hall–Kier alpha value is -0.0400. The van der Waals surface area contributed by atoms with E-state index in [9.17, 15) is 0 Å². The lowest BCUT2D eigenvalue weighted by Gasteiger charge is -2.29. The van der Waals surface area contributed by atoms with Crippen LogP contribution in [-0.4, -0.2) is 12.6 Å². The van der Waals surface area contributed by atoms with Crippen LogP contribution in [0.3, 0.4) is 0 Å². The highest BCUT2D eigenvalue weighted by atomic mass is 14.9. The molecule has 1 rings (SSSR count). The molecule has 1 nitrogen and oxygen atoms in total. The molecule has 12 heavy (non-hydrogen) atoms. The van der Waals surface area contributed by atoms with Crippen LogP contribution in [0.1, 0.15) is 40.0 Å². The first-order valence-electron chi connectivity index (χ1n) is 5.25. The Balaban J connectivity index is 2.24. The van der Waals surface area contributed by atoms with Crippen molar-refractivity contribution >= 4 is 0 Å². The zero-order valence-electron chi connectivity index (χ0n) is 8.64. The molecule has 1 fully saturated rings. The normalized spacial score (nSPS) is 27.5. The lowest BCUT2D eigenvalue weighted by Crippen LogP contribution is -2.39. The Morgan fingerprint density at radius 2 is 2.17 bits per heavy atom. The first-order valence-corrected chi connectivity index (χ1v) is 5.25. The van der Waals surface area contributed by atoms with Crippen LogP contribution in [0.15, 0.2) is 0 Å². The van der Waals surface area contributed by atoms with Crippen molar-refractivity contribution < 1.29 is 0 Å². The second-order valence-electron chi connectivity index (χ2n) is 4.48. The highest BCUT2D eigenvalue weighted by Crippen LogP contribution is 2.20. The van der Waals surface area contributed by atoms with Crippen molar-refractivity contribution in [2.75, 3.05) is 6.54 Å². The molecular weight excluding hydrogens is 146 g/mol. The van der Waals surface area contributed by atoms with Crippen LogP contribution in [0, 0.1) is 18.3 Å². The van der Waals surface area contributed by atoms with Gasteiger partial charge < -0.3 is 5.32 Å². The molecule has 0 aromatic heterocycles. The van der Waals surface area contributed by atoms with Crippen LogP contribution in [0.4, 0.5) is 0 Å². The quantitative estimate of drug-likeness (QED) is 0.683. The summed E-state index contributed by atoms with van der Waals surface area (Å²) in [5.74, 6) is 1.67. The molecule has 0 saturated carbocycles. The molecule has 0 aromatic carbocycles. The van der Waals surface area contributed by atoms with Crippen molar-refractivity contribution in [3.8, 4) is 0 Å². The summed E-state index contributed by atoms with van der Waals surface area (Å²) in [6, 6.07) is 0.751. The van der Waals surface area contributed by atoms with Gasteiger partial charge in [-0.25, -0.2) is 0 Å². The van der Waals surface area contributed by atoms with Crippen molar-refractivity contribution in [2.45, 2.75) is 46.1 Å². The minimum Gasteiger partial charge on any atom is -0.314 e.